The van der Waals surface area contributed by atoms with Gasteiger partial charge < -0.3 is 14.7 Å². The summed E-state index contributed by atoms with van der Waals surface area (Å²) >= 11 is 0. The molecule has 1 unspecified atom stereocenters. The van der Waals surface area contributed by atoms with Crippen LogP contribution in [0.2, 0.25) is 0 Å². The predicted molar refractivity (Wildman–Crippen MR) is 64.1 cm³/mol. The Hall–Kier alpha value is -0.120. The van der Waals surface area contributed by atoms with Gasteiger partial charge in [-0.25, -0.2) is 0 Å². The van der Waals surface area contributed by atoms with Crippen LogP contribution in [0.1, 0.15) is 33.6 Å². The van der Waals surface area contributed by atoms with Gasteiger partial charge >= 0.3 is 0 Å². The van der Waals surface area contributed by atoms with Gasteiger partial charge in [0.2, 0.25) is 0 Å². The highest BCUT2D eigenvalue weighted by Crippen LogP contribution is 1.98. The molecule has 0 radical (unpaired) electrons. The van der Waals surface area contributed by atoms with E-state index in [0.717, 1.165) is 26.0 Å². The van der Waals surface area contributed by atoms with Crippen LogP contribution in [0.5, 0.6) is 0 Å². The summed E-state index contributed by atoms with van der Waals surface area (Å²) in [5, 5.41) is 9.67. The lowest BCUT2D eigenvalue weighted by Gasteiger charge is -2.22. The van der Waals surface area contributed by atoms with Crippen LogP contribution in [0.3, 0.4) is 0 Å². The van der Waals surface area contributed by atoms with Gasteiger partial charge in [0.25, 0.3) is 0 Å². The fraction of sp³-hybridized carbons (Fsp3) is 1.00. The minimum absolute atomic E-state index is 0.356. The number of aliphatic hydroxyl groups is 1. The zero-order valence-electron chi connectivity index (χ0n) is 10.7. The molecule has 0 aliphatic rings. The lowest BCUT2D eigenvalue weighted by molar-refractivity contribution is 0.0185. The van der Waals surface area contributed by atoms with E-state index in [1.165, 1.54) is 0 Å². The van der Waals surface area contributed by atoms with Crippen LogP contribution >= 0.6 is 0 Å². The standard InChI is InChI=1S/C12H27NO2/c1-5-6-7-15-10-12(14)9-13(4)8-11(2)3/h11-12,14H,5-10H2,1-4H3. The minimum Gasteiger partial charge on any atom is -0.389 e. The third kappa shape index (κ3) is 10.2. The molecule has 0 fully saturated rings. The fourth-order valence-electron chi connectivity index (χ4n) is 1.58. The highest BCUT2D eigenvalue weighted by molar-refractivity contribution is 4.62. The maximum Gasteiger partial charge on any atom is 0.0900 e. The van der Waals surface area contributed by atoms with Crippen LogP contribution in [0.25, 0.3) is 0 Å². The molecule has 0 saturated heterocycles. The quantitative estimate of drug-likeness (QED) is 0.597. The SMILES string of the molecule is CCCCOCC(O)CN(C)CC(C)C. The van der Waals surface area contributed by atoms with E-state index < -0.39 is 0 Å². The fourth-order valence-corrected chi connectivity index (χ4v) is 1.58. The Morgan fingerprint density at radius 1 is 1.27 bits per heavy atom. The van der Waals surface area contributed by atoms with Crippen LogP contribution in [-0.4, -0.2) is 49.5 Å². The molecule has 0 saturated carbocycles. The molecule has 0 heterocycles. The normalized spacial score (nSPS) is 13.8. The van der Waals surface area contributed by atoms with Gasteiger partial charge in [0.15, 0.2) is 0 Å². The van der Waals surface area contributed by atoms with Gasteiger partial charge in [-0.05, 0) is 19.4 Å². The molecule has 15 heavy (non-hydrogen) atoms. The first-order valence-electron chi connectivity index (χ1n) is 6.00. The number of unbranched alkanes of at least 4 members (excludes halogenated alkanes) is 1. The second-order valence-corrected chi connectivity index (χ2v) is 4.70. The Morgan fingerprint density at radius 3 is 2.47 bits per heavy atom. The monoisotopic (exact) mass is 217 g/mol. The van der Waals surface area contributed by atoms with Crippen LogP contribution in [-0.2, 0) is 4.74 Å². The zero-order chi connectivity index (χ0) is 11.7. The Kier molecular flexibility index (Phi) is 9.06. The van der Waals surface area contributed by atoms with E-state index in [-0.39, 0.29) is 6.10 Å². The topological polar surface area (TPSA) is 32.7 Å². The van der Waals surface area contributed by atoms with Crippen molar-refractivity contribution in [2.24, 2.45) is 5.92 Å². The third-order valence-electron chi connectivity index (χ3n) is 2.15. The van der Waals surface area contributed by atoms with Crippen LogP contribution < -0.4 is 0 Å². The number of rotatable bonds is 9. The summed E-state index contributed by atoms with van der Waals surface area (Å²) in [6.07, 6.45) is 1.86. The smallest absolute Gasteiger partial charge is 0.0900 e. The van der Waals surface area contributed by atoms with E-state index >= 15 is 0 Å². The predicted octanol–water partition coefficient (Wildman–Crippen LogP) is 1.75. The Balaban J connectivity index is 3.42. The van der Waals surface area contributed by atoms with Gasteiger partial charge in [0.05, 0.1) is 12.7 Å². The first kappa shape index (κ1) is 14.9. The molecule has 3 nitrogen and oxygen atoms in total. The molecule has 1 N–H and O–H groups in total. The maximum absolute atomic E-state index is 9.67. The van der Waals surface area contributed by atoms with Gasteiger partial charge in [-0.2, -0.15) is 0 Å². The molecule has 0 spiro atoms. The van der Waals surface area contributed by atoms with E-state index in [1.807, 2.05) is 7.05 Å². The van der Waals surface area contributed by atoms with Crippen LogP contribution in [0, 0.1) is 5.92 Å². The first-order valence-corrected chi connectivity index (χ1v) is 6.00. The van der Waals surface area contributed by atoms with Crippen molar-refractivity contribution in [3.63, 3.8) is 0 Å². The van der Waals surface area contributed by atoms with Gasteiger partial charge in [-0.3, -0.25) is 0 Å². The van der Waals surface area contributed by atoms with E-state index in [1.54, 1.807) is 0 Å². The van der Waals surface area contributed by atoms with Crippen molar-refractivity contribution in [1.29, 1.82) is 0 Å². The Bertz CT molecular complexity index is 140. The number of likely N-dealkylation sites (N-methyl/N-ethyl adjacent to an activating group) is 1. The summed E-state index contributed by atoms with van der Waals surface area (Å²) in [6, 6.07) is 0. The summed E-state index contributed by atoms with van der Waals surface area (Å²) in [6.45, 7) is 9.44. The Morgan fingerprint density at radius 2 is 1.93 bits per heavy atom. The first-order chi connectivity index (χ1) is 7.06. The largest absolute Gasteiger partial charge is 0.389 e. The molecule has 0 aromatic carbocycles. The molecule has 0 amide bonds. The van der Waals surface area contributed by atoms with Crippen LogP contribution in [0.15, 0.2) is 0 Å². The molecule has 1 atom stereocenters. The lowest BCUT2D eigenvalue weighted by Crippen LogP contribution is -2.34. The molecule has 0 rings (SSSR count). The van der Waals surface area contributed by atoms with Crippen molar-refractivity contribution in [3.8, 4) is 0 Å². The zero-order valence-corrected chi connectivity index (χ0v) is 10.7. The molecular weight excluding hydrogens is 190 g/mol. The van der Waals surface area contributed by atoms with Crippen molar-refractivity contribution < 1.29 is 9.84 Å². The number of ether oxygens (including phenoxy) is 1. The van der Waals surface area contributed by atoms with Gasteiger partial charge in [-0.15, -0.1) is 0 Å². The molecule has 92 valence electrons. The van der Waals surface area contributed by atoms with Crippen molar-refractivity contribution in [3.05, 3.63) is 0 Å². The van der Waals surface area contributed by atoms with Crippen molar-refractivity contribution in [1.82, 2.24) is 4.90 Å². The molecule has 0 aliphatic carbocycles. The average Bonchev–Trinajstić information content (AvgIpc) is 2.10. The highest BCUT2D eigenvalue weighted by atomic mass is 16.5. The lowest BCUT2D eigenvalue weighted by atomic mass is 10.2. The van der Waals surface area contributed by atoms with Crippen molar-refractivity contribution >= 4 is 0 Å². The molecule has 0 aliphatic heterocycles. The molecule has 3 heteroatoms. The average molecular weight is 217 g/mol. The van der Waals surface area contributed by atoms with Crippen LogP contribution in [0.4, 0.5) is 0 Å². The van der Waals surface area contributed by atoms with Gasteiger partial charge in [0.1, 0.15) is 0 Å². The molecule has 0 aromatic rings. The second kappa shape index (κ2) is 9.13. The number of hydrogen-bond donors (Lipinski definition) is 1. The third-order valence-corrected chi connectivity index (χ3v) is 2.15. The van der Waals surface area contributed by atoms with E-state index in [9.17, 15) is 5.11 Å². The molecule has 0 bridgehead atoms. The second-order valence-electron chi connectivity index (χ2n) is 4.70. The van der Waals surface area contributed by atoms with E-state index in [0.29, 0.717) is 19.1 Å². The number of nitrogens with zero attached hydrogens (tertiary/aromatic N) is 1. The Labute approximate surface area is 94.4 Å². The summed E-state index contributed by atoms with van der Waals surface area (Å²) in [7, 11) is 2.04. The summed E-state index contributed by atoms with van der Waals surface area (Å²) in [5.74, 6) is 0.642. The maximum atomic E-state index is 9.67. The minimum atomic E-state index is -0.356. The highest BCUT2D eigenvalue weighted by Gasteiger charge is 2.09. The molecular formula is C12H27NO2. The van der Waals surface area contributed by atoms with Crippen molar-refractivity contribution in [2.45, 2.75) is 39.7 Å². The number of hydrogen-bond acceptors (Lipinski definition) is 3. The van der Waals surface area contributed by atoms with Crippen molar-refractivity contribution in [2.75, 3.05) is 33.4 Å². The molecule has 0 aromatic heterocycles. The summed E-state index contributed by atoms with van der Waals surface area (Å²) < 4.78 is 5.37. The van der Waals surface area contributed by atoms with E-state index in [2.05, 4.69) is 25.7 Å². The van der Waals surface area contributed by atoms with Gasteiger partial charge in [0, 0.05) is 19.7 Å². The van der Waals surface area contributed by atoms with Gasteiger partial charge in [-0.1, -0.05) is 27.2 Å². The van der Waals surface area contributed by atoms with E-state index in [4.69, 9.17) is 4.74 Å². The number of aliphatic hydroxyl groups excluding tert-OH is 1. The summed E-state index contributed by atoms with van der Waals surface area (Å²) in [5.41, 5.74) is 0. The summed E-state index contributed by atoms with van der Waals surface area (Å²) in [4.78, 5) is 2.15.